The molecule has 1 fully saturated rings. The van der Waals surface area contributed by atoms with Crippen molar-refractivity contribution in [3.05, 3.63) is 0 Å². The molecule has 0 aromatic heterocycles. The fourth-order valence-electron chi connectivity index (χ4n) is 3.74. The van der Waals surface area contributed by atoms with Gasteiger partial charge in [0.2, 0.25) is 17.7 Å². The van der Waals surface area contributed by atoms with Crippen LogP contribution in [0.2, 0.25) is 0 Å². The van der Waals surface area contributed by atoms with Gasteiger partial charge in [0.15, 0.2) is 0 Å². The predicted molar refractivity (Wildman–Crippen MR) is 127 cm³/mol. The number of carboxylic acid groups (broad SMARTS) is 1. The minimum Gasteiger partial charge on any atom is -0.480 e. The number of rotatable bonds is 12. The third kappa shape index (κ3) is 9.70. The van der Waals surface area contributed by atoms with Gasteiger partial charge in [0.1, 0.15) is 18.1 Å². The van der Waals surface area contributed by atoms with E-state index in [2.05, 4.69) is 21.3 Å². The Balaban J connectivity index is 2.91. The van der Waals surface area contributed by atoms with Gasteiger partial charge in [0, 0.05) is 0 Å². The Morgan fingerprint density at radius 3 is 2.06 bits per heavy atom. The molecule has 3 amide bonds. The normalized spacial score (nSPS) is 19.9. The Bertz CT molecular complexity index is 683. The molecule has 1 aliphatic rings. The molecule has 9 heteroatoms. The van der Waals surface area contributed by atoms with Crippen molar-refractivity contribution in [1.29, 1.82) is 0 Å². The van der Waals surface area contributed by atoms with Crippen molar-refractivity contribution in [2.75, 3.05) is 6.54 Å². The molecule has 0 aromatic carbocycles. The van der Waals surface area contributed by atoms with Crippen LogP contribution in [0, 0.1) is 17.3 Å². The molecule has 190 valence electrons. The van der Waals surface area contributed by atoms with E-state index in [0.29, 0.717) is 19.3 Å². The zero-order chi connectivity index (χ0) is 25.3. The van der Waals surface area contributed by atoms with Crippen LogP contribution in [0.3, 0.4) is 0 Å². The van der Waals surface area contributed by atoms with E-state index in [1.807, 2.05) is 48.5 Å². The molecule has 33 heavy (non-hydrogen) atoms. The highest BCUT2D eigenvalue weighted by molar-refractivity contribution is 5.94. The lowest BCUT2D eigenvalue weighted by Gasteiger charge is -2.29. The molecular weight excluding hydrogens is 424 g/mol. The standard InChI is InChI=1S/C24H44N4O5/c1-8-15(4)19(22(31)26-17(23(32)33)11-12-24(5,6)7)28-21(30)18(14(2)3)27-20(29)16-10-9-13-25-16/h14-19,25H,8-13H2,1-7H3,(H,26,31)(H,27,29)(H,28,30)(H,32,33)/t15-,16-,17-,18-,19-/m0/s1. The second kappa shape index (κ2) is 12.9. The summed E-state index contributed by atoms with van der Waals surface area (Å²) in [5.74, 6) is -2.69. The van der Waals surface area contributed by atoms with E-state index in [1.54, 1.807) is 0 Å². The quantitative estimate of drug-likeness (QED) is 0.296. The average molecular weight is 469 g/mol. The molecule has 1 rings (SSSR count). The summed E-state index contributed by atoms with van der Waals surface area (Å²) in [7, 11) is 0. The Morgan fingerprint density at radius 1 is 1.00 bits per heavy atom. The Labute approximate surface area is 198 Å². The molecule has 5 atom stereocenters. The molecular formula is C24H44N4O5. The highest BCUT2D eigenvalue weighted by Gasteiger charge is 2.34. The summed E-state index contributed by atoms with van der Waals surface area (Å²) < 4.78 is 0. The predicted octanol–water partition coefficient (Wildman–Crippen LogP) is 1.81. The molecule has 0 aromatic rings. The van der Waals surface area contributed by atoms with Crippen molar-refractivity contribution >= 4 is 23.7 Å². The van der Waals surface area contributed by atoms with Crippen LogP contribution in [0.1, 0.15) is 80.6 Å². The van der Waals surface area contributed by atoms with Crippen LogP contribution in [0.5, 0.6) is 0 Å². The first kappa shape index (κ1) is 28.9. The van der Waals surface area contributed by atoms with Crippen molar-refractivity contribution in [2.45, 2.75) is 105 Å². The molecule has 1 heterocycles. The number of nitrogens with one attached hydrogen (secondary N) is 4. The second-order valence-electron chi connectivity index (χ2n) is 10.7. The highest BCUT2D eigenvalue weighted by atomic mass is 16.4. The first-order valence-corrected chi connectivity index (χ1v) is 12.1. The lowest BCUT2D eigenvalue weighted by Crippen LogP contribution is -2.59. The van der Waals surface area contributed by atoms with E-state index in [-0.39, 0.29) is 29.2 Å². The molecule has 0 radical (unpaired) electrons. The number of amides is 3. The van der Waals surface area contributed by atoms with Crippen LogP contribution in [0.25, 0.3) is 0 Å². The lowest BCUT2D eigenvalue weighted by molar-refractivity contribution is -0.143. The fraction of sp³-hybridized carbons (Fsp3) is 0.833. The van der Waals surface area contributed by atoms with Crippen LogP contribution >= 0.6 is 0 Å². The highest BCUT2D eigenvalue weighted by Crippen LogP contribution is 2.22. The first-order chi connectivity index (χ1) is 15.3. The smallest absolute Gasteiger partial charge is 0.326 e. The minimum absolute atomic E-state index is 0.0698. The monoisotopic (exact) mass is 468 g/mol. The summed E-state index contributed by atoms with van der Waals surface area (Å²) in [5, 5.41) is 20.9. The molecule has 0 saturated carbocycles. The maximum Gasteiger partial charge on any atom is 0.326 e. The molecule has 9 nitrogen and oxygen atoms in total. The van der Waals surface area contributed by atoms with Gasteiger partial charge in [-0.05, 0) is 49.5 Å². The van der Waals surface area contributed by atoms with Gasteiger partial charge in [-0.1, -0.05) is 54.9 Å². The van der Waals surface area contributed by atoms with E-state index < -0.39 is 35.9 Å². The van der Waals surface area contributed by atoms with Crippen molar-refractivity contribution in [3.63, 3.8) is 0 Å². The number of hydrogen-bond donors (Lipinski definition) is 5. The van der Waals surface area contributed by atoms with Gasteiger partial charge in [-0.25, -0.2) is 4.79 Å². The zero-order valence-electron chi connectivity index (χ0n) is 21.3. The molecule has 5 N–H and O–H groups in total. The van der Waals surface area contributed by atoms with Gasteiger partial charge >= 0.3 is 5.97 Å². The summed E-state index contributed by atoms with van der Waals surface area (Å²) in [5.41, 5.74) is -0.0698. The molecule has 0 unspecified atom stereocenters. The van der Waals surface area contributed by atoms with Gasteiger partial charge in [-0.3, -0.25) is 14.4 Å². The van der Waals surface area contributed by atoms with Crippen molar-refractivity contribution in [3.8, 4) is 0 Å². The fourth-order valence-corrected chi connectivity index (χ4v) is 3.74. The third-order valence-corrected chi connectivity index (χ3v) is 6.21. The van der Waals surface area contributed by atoms with Crippen molar-refractivity contribution in [2.24, 2.45) is 17.3 Å². The number of carbonyl (C=O) groups excluding carboxylic acids is 3. The summed E-state index contributed by atoms with van der Waals surface area (Å²) in [6.07, 6.45) is 3.17. The molecule has 0 aliphatic carbocycles. The van der Waals surface area contributed by atoms with E-state index in [4.69, 9.17) is 0 Å². The number of carbonyl (C=O) groups is 4. The van der Waals surface area contributed by atoms with E-state index in [0.717, 1.165) is 19.4 Å². The number of hydrogen-bond acceptors (Lipinski definition) is 5. The van der Waals surface area contributed by atoms with Gasteiger partial charge in [-0.15, -0.1) is 0 Å². The van der Waals surface area contributed by atoms with Crippen molar-refractivity contribution < 1.29 is 24.3 Å². The Morgan fingerprint density at radius 2 is 1.61 bits per heavy atom. The average Bonchev–Trinajstić information content (AvgIpc) is 3.26. The first-order valence-electron chi connectivity index (χ1n) is 12.1. The Kier molecular flexibility index (Phi) is 11.3. The number of aliphatic carboxylic acids is 1. The van der Waals surface area contributed by atoms with E-state index in [1.165, 1.54) is 0 Å². The van der Waals surface area contributed by atoms with Gasteiger partial charge < -0.3 is 26.4 Å². The maximum atomic E-state index is 13.1. The maximum absolute atomic E-state index is 13.1. The molecule has 0 spiro atoms. The summed E-state index contributed by atoms with van der Waals surface area (Å²) in [6.45, 7) is 14.2. The Hall–Kier alpha value is -2.16. The topological polar surface area (TPSA) is 137 Å². The summed E-state index contributed by atoms with van der Waals surface area (Å²) in [4.78, 5) is 50.4. The van der Waals surface area contributed by atoms with Crippen molar-refractivity contribution in [1.82, 2.24) is 21.3 Å². The van der Waals surface area contributed by atoms with Gasteiger partial charge in [-0.2, -0.15) is 0 Å². The molecule has 0 bridgehead atoms. The lowest BCUT2D eigenvalue weighted by atomic mass is 9.88. The molecule has 1 aliphatic heterocycles. The molecule has 1 saturated heterocycles. The second-order valence-corrected chi connectivity index (χ2v) is 10.7. The minimum atomic E-state index is -1.10. The summed E-state index contributed by atoms with van der Waals surface area (Å²) in [6, 6.07) is -3.04. The number of carboxylic acids is 1. The van der Waals surface area contributed by atoms with Gasteiger partial charge in [0.25, 0.3) is 0 Å². The van der Waals surface area contributed by atoms with Gasteiger partial charge in [0.05, 0.1) is 6.04 Å². The largest absolute Gasteiger partial charge is 0.480 e. The van der Waals surface area contributed by atoms with Crippen LogP contribution in [0.4, 0.5) is 0 Å². The van der Waals surface area contributed by atoms with Crippen LogP contribution in [-0.4, -0.2) is 59.5 Å². The summed E-state index contributed by atoms with van der Waals surface area (Å²) >= 11 is 0. The third-order valence-electron chi connectivity index (χ3n) is 6.21. The van der Waals surface area contributed by atoms with E-state index in [9.17, 15) is 24.3 Å². The van der Waals surface area contributed by atoms with Crippen LogP contribution in [0.15, 0.2) is 0 Å². The van der Waals surface area contributed by atoms with E-state index >= 15 is 0 Å². The zero-order valence-corrected chi connectivity index (χ0v) is 21.3. The van der Waals surface area contributed by atoms with Crippen LogP contribution in [-0.2, 0) is 19.2 Å². The van der Waals surface area contributed by atoms with Crippen LogP contribution < -0.4 is 21.3 Å². The SMILES string of the molecule is CC[C@H](C)[C@H](NC(=O)[C@@H](NC(=O)[C@@H]1CCCN1)C(C)C)C(=O)N[C@@H](CCC(C)(C)C)C(=O)O.